The fourth-order valence-corrected chi connectivity index (χ4v) is 2.84. The van der Waals surface area contributed by atoms with E-state index >= 15 is 0 Å². The van der Waals surface area contributed by atoms with Gasteiger partial charge in [-0.15, -0.1) is 0 Å². The smallest absolute Gasteiger partial charge is 0.239 e. The van der Waals surface area contributed by atoms with Gasteiger partial charge in [0, 0.05) is 18.4 Å². The topological polar surface area (TPSA) is 81.4 Å². The number of hydrogen-bond donors (Lipinski definition) is 2. The first-order valence-corrected chi connectivity index (χ1v) is 6.93. The average molecular weight is 296 g/mol. The van der Waals surface area contributed by atoms with Crippen molar-refractivity contribution in [3.8, 4) is 11.1 Å². The molecular formula is C17H16N2O3. The molecule has 22 heavy (non-hydrogen) atoms. The van der Waals surface area contributed by atoms with Gasteiger partial charge in [-0.25, -0.2) is 0 Å². The molecule has 0 fully saturated rings. The number of nitrogens with one attached hydrogen (secondary N) is 1. The molecule has 0 radical (unpaired) electrons. The highest BCUT2D eigenvalue weighted by molar-refractivity contribution is 6.16. The maximum atomic E-state index is 12.5. The second kappa shape index (κ2) is 5.61. The lowest BCUT2D eigenvalue weighted by atomic mass is 9.88. The molecule has 5 heteroatoms. The molecular weight excluding hydrogens is 280 g/mol. The zero-order valence-corrected chi connectivity index (χ0v) is 12.1. The standard InChI is InChI=1S/C17H16N2O3/c1-22-9-14(20)16-11-6-3-2-5-10(11)15-12(18)7-4-8-13(15)19-17(16)21/h2-8,16H,9,18H2,1H3,(H,19,21). The first-order valence-electron chi connectivity index (χ1n) is 6.93. The van der Waals surface area contributed by atoms with Crippen LogP contribution in [0.3, 0.4) is 0 Å². The summed E-state index contributed by atoms with van der Waals surface area (Å²) in [6.07, 6.45) is 0. The van der Waals surface area contributed by atoms with Gasteiger partial charge in [-0.3, -0.25) is 9.59 Å². The molecule has 0 bridgehead atoms. The first kappa shape index (κ1) is 14.3. The molecule has 2 aromatic rings. The van der Waals surface area contributed by atoms with E-state index in [9.17, 15) is 9.59 Å². The zero-order valence-electron chi connectivity index (χ0n) is 12.1. The fraction of sp³-hybridized carbons (Fsp3) is 0.176. The Balaban J connectivity index is 2.24. The number of anilines is 2. The first-order chi connectivity index (χ1) is 10.6. The molecule has 0 saturated carbocycles. The summed E-state index contributed by atoms with van der Waals surface area (Å²) in [5, 5.41) is 2.80. The minimum Gasteiger partial charge on any atom is -0.398 e. The third-order valence-corrected chi connectivity index (χ3v) is 3.77. The Hall–Kier alpha value is -2.66. The Labute approximate surface area is 128 Å². The van der Waals surface area contributed by atoms with Crippen LogP contribution in [-0.2, 0) is 14.3 Å². The van der Waals surface area contributed by atoms with Gasteiger partial charge in [-0.1, -0.05) is 30.3 Å². The van der Waals surface area contributed by atoms with Crippen LogP contribution in [0, 0.1) is 0 Å². The normalized spacial score (nSPS) is 16.2. The predicted molar refractivity (Wildman–Crippen MR) is 84.5 cm³/mol. The van der Waals surface area contributed by atoms with Gasteiger partial charge in [0.25, 0.3) is 0 Å². The van der Waals surface area contributed by atoms with Gasteiger partial charge < -0.3 is 15.8 Å². The number of ketones is 1. The minimum absolute atomic E-state index is 0.113. The summed E-state index contributed by atoms with van der Waals surface area (Å²) >= 11 is 0. The third kappa shape index (κ3) is 2.25. The van der Waals surface area contributed by atoms with Crippen molar-refractivity contribution in [2.24, 2.45) is 0 Å². The molecule has 1 amide bonds. The Bertz CT molecular complexity index is 755. The maximum absolute atomic E-state index is 12.5. The van der Waals surface area contributed by atoms with Gasteiger partial charge in [0.2, 0.25) is 5.91 Å². The largest absolute Gasteiger partial charge is 0.398 e. The number of carbonyl (C=O) groups is 2. The molecule has 1 atom stereocenters. The van der Waals surface area contributed by atoms with Crippen molar-refractivity contribution in [2.45, 2.75) is 5.92 Å². The third-order valence-electron chi connectivity index (χ3n) is 3.77. The van der Waals surface area contributed by atoms with Crippen molar-refractivity contribution in [2.75, 3.05) is 24.8 Å². The molecule has 1 heterocycles. The van der Waals surface area contributed by atoms with Gasteiger partial charge in [0.05, 0.1) is 5.69 Å². The summed E-state index contributed by atoms with van der Waals surface area (Å²) in [7, 11) is 1.44. The fourth-order valence-electron chi connectivity index (χ4n) is 2.84. The van der Waals surface area contributed by atoms with Crippen molar-refractivity contribution in [1.82, 2.24) is 0 Å². The van der Waals surface area contributed by atoms with Gasteiger partial charge in [-0.05, 0) is 23.3 Å². The Morgan fingerprint density at radius 1 is 1.23 bits per heavy atom. The summed E-state index contributed by atoms with van der Waals surface area (Å²) in [5.41, 5.74) is 9.46. The lowest BCUT2D eigenvalue weighted by Gasteiger charge is -2.15. The van der Waals surface area contributed by atoms with Crippen LogP contribution in [0.15, 0.2) is 42.5 Å². The Morgan fingerprint density at radius 2 is 2.00 bits per heavy atom. The maximum Gasteiger partial charge on any atom is 0.239 e. The van der Waals surface area contributed by atoms with E-state index in [0.29, 0.717) is 16.9 Å². The van der Waals surface area contributed by atoms with Crippen LogP contribution >= 0.6 is 0 Å². The highest BCUT2D eigenvalue weighted by Gasteiger charge is 2.34. The van der Waals surface area contributed by atoms with Crippen molar-refractivity contribution in [3.63, 3.8) is 0 Å². The molecule has 0 aromatic heterocycles. The number of benzene rings is 2. The number of nitrogen functional groups attached to an aromatic ring is 1. The number of hydrogen-bond acceptors (Lipinski definition) is 4. The minimum atomic E-state index is -0.900. The van der Waals surface area contributed by atoms with Crippen LogP contribution in [0.25, 0.3) is 11.1 Å². The average Bonchev–Trinajstić information content (AvgIpc) is 2.61. The number of nitrogens with two attached hydrogens (primary N) is 1. The van der Waals surface area contributed by atoms with E-state index in [4.69, 9.17) is 10.5 Å². The Kier molecular flexibility index (Phi) is 3.65. The molecule has 0 saturated heterocycles. The summed E-state index contributed by atoms with van der Waals surface area (Å²) < 4.78 is 4.91. The van der Waals surface area contributed by atoms with Crippen molar-refractivity contribution in [3.05, 3.63) is 48.0 Å². The molecule has 112 valence electrons. The predicted octanol–water partition coefficient (Wildman–Crippen LogP) is 2.19. The molecule has 2 aromatic carbocycles. The molecule has 0 aliphatic carbocycles. The number of fused-ring (bicyclic) bond motifs is 3. The van der Waals surface area contributed by atoms with Crippen molar-refractivity contribution >= 4 is 23.1 Å². The number of rotatable bonds is 3. The van der Waals surface area contributed by atoms with Crippen LogP contribution in [-0.4, -0.2) is 25.4 Å². The van der Waals surface area contributed by atoms with E-state index in [2.05, 4.69) is 5.32 Å². The van der Waals surface area contributed by atoms with Crippen molar-refractivity contribution in [1.29, 1.82) is 0 Å². The molecule has 3 N–H and O–H groups in total. The lowest BCUT2D eigenvalue weighted by Crippen LogP contribution is -2.29. The van der Waals surface area contributed by atoms with E-state index in [1.165, 1.54) is 7.11 Å². The Morgan fingerprint density at radius 3 is 2.77 bits per heavy atom. The summed E-state index contributed by atoms with van der Waals surface area (Å²) in [4.78, 5) is 24.9. The van der Waals surface area contributed by atoms with Gasteiger partial charge in [0.1, 0.15) is 12.5 Å². The summed E-state index contributed by atoms with van der Waals surface area (Å²) in [6, 6.07) is 12.7. The molecule has 1 unspecified atom stereocenters. The van der Waals surface area contributed by atoms with Crippen LogP contribution in [0.4, 0.5) is 11.4 Å². The molecule has 5 nitrogen and oxygen atoms in total. The number of methoxy groups -OCH3 is 1. The van der Waals surface area contributed by atoms with Crippen LogP contribution in [0.5, 0.6) is 0 Å². The van der Waals surface area contributed by atoms with E-state index in [1.54, 1.807) is 24.3 Å². The second-order valence-electron chi connectivity index (χ2n) is 5.18. The molecule has 0 spiro atoms. The van der Waals surface area contributed by atoms with Crippen molar-refractivity contribution < 1.29 is 14.3 Å². The van der Waals surface area contributed by atoms with E-state index < -0.39 is 5.92 Å². The van der Waals surface area contributed by atoms with Crippen LogP contribution in [0.2, 0.25) is 0 Å². The monoisotopic (exact) mass is 296 g/mol. The van der Waals surface area contributed by atoms with Crippen LogP contribution in [0.1, 0.15) is 11.5 Å². The lowest BCUT2D eigenvalue weighted by molar-refractivity contribution is -0.130. The second-order valence-corrected chi connectivity index (χ2v) is 5.18. The quantitative estimate of drug-likeness (QED) is 0.672. The number of amides is 1. The summed E-state index contributed by atoms with van der Waals surface area (Å²) in [6.45, 7) is -0.113. The van der Waals surface area contributed by atoms with Crippen LogP contribution < -0.4 is 11.1 Å². The van der Waals surface area contributed by atoms with E-state index in [0.717, 1.165) is 11.1 Å². The highest BCUT2D eigenvalue weighted by atomic mass is 16.5. The van der Waals surface area contributed by atoms with E-state index in [1.807, 2.05) is 18.2 Å². The van der Waals surface area contributed by atoms with Gasteiger partial charge >= 0.3 is 0 Å². The number of Topliss-reactive ketones (excluding diaryl/α,β-unsaturated/α-hetero) is 1. The molecule has 1 aliphatic heterocycles. The summed E-state index contributed by atoms with van der Waals surface area (Å²) in [5.74, 6) is -1.54. The van der Waals surface area contributed by atoms with Gasteiger partial charge in [0.15, 0.2) is 5.78 Å². The van der Waals surface area contributed by atoms with Gasteiger partial charge in [-0.2, -0.15) is 0 Å². The number of ether oxygens (including phenoxy) is 1. The molecule has 1 aliphatic rings. The molecule has 3 rings (SSSR count). The zero-order chi connectivity index (χ0) is 15.7. The SMILES string of the molecule is COCC(=O)C1C(=O)Nc2cccc(N)c2-c2ccccc21. The van der Waals surface area contributed by atoms with E-state index in [-0.39, 0.29) is 18.3 Å². The highest BCUT2D eigenvalue weighted by Crippen LogP contribution is 2.41. The number of carbonyl (C=O) groups excluding carboxylic acids is 2.